The summed E-state index contributed by atoms with van der Waals surface area (Å²) in [5.41, 5.74) is 8.65. The highest BCUT2D eigenvalue weighted by molar-refractivity contribution is 7.98. The van der Waals surface area contributed by atoms with Crippen LogP contribution in [0.2, 0.25) is 0 Å². The quantitative estimate of drug-likeness (QED) is 0.264. The number of carbonyl (C=O) groups excluding carboxylic acids is 1. The number of aryl methyl sites for hydroxylation is 1. The zero-order valence-corrected chi connectivity index (χ0v) is 11.6. The first kappa shape index (κ1) is 14.4. The van der Waals surface area contributed by atoms with Crippen molar-refractivity contribution in [3.05, 3.63) is 47.2 Å². The molecule has 0 spiro atoms. The molecule has 0 saturated carbocycles. The molecule has 0 aliphatic rings. The molecule has 0 saturated heterocycles. The van der Waals surface area contributed by atoms with Crippen LogP contribution in [0.25, 0.3) is 0 Å². The Morgan fingerprint density at radius 1 is 1.40 bits per heavy atom. The van der Waals surface area contributed by atoms with Gasteiger partial charge in [0.25, 0.3) is 0 Å². The van der Waals surface area contributed by atoms with E-state index in [0.717, 1.165) is 0 Å². The van der Waals surface area contributed by atoms with Gasteiger partial charge < -0.3 is 10.2 Å². The lowest BCUT2D eigenvalue weighted by Crippen LogP contribution is -2.30. The molecule has 2 aromatic rings. The van der Waals surface area contributed by atoms with Gasteiger partial charge in [-0.25, -0.2) is 10.2 Å². The Bertz CT molecular complexity index is 622. The Kier molecular flexibility index (Phi) is 4.31. The minimum atomic E-state index is -0.478. The van der Waals surface area contributed by atoms with Gasteiger partial charge in [0.15, 0.2) is 5.76 Å². The van der Waals surface area contributed by atoms with E-state index in [1.165, 1.54) is 23.9 Å². The van der Waals surface area contributed by atoms with Crippen molar-refractivity contribution in [3.63, 3.8) is 0 Å². The second-order valence-corrected chi connectivity index (χ2v) is 5.26. The van der Waals surface area contributed by atoms with Gasteiger partial charge in [-0.2, -0.15) is 0 Å². The van der Waals surface area contributed by atoms with Crippen LogP contribution in [0.1, 0.15) is 21.9 Å². The van der Waals surface area contributed by atoms with Crippen molar-refractivity contribution >= 4 is 23.4 Å². The predicted molar refractivity (Wildman–Crippen MR) is 75.5 cm³/mol. The van der Waals surface area contributed by atoms with Crippen molar-refractivity contribution in [1.82, 2.24) is 5.43 Å². The van der Waals surface area contributed by atoms with E-state index in [4.69, 9.17) is 16.0 Å². The Morgan fingerprint density at radius 2 is 2.15 bits per heavy atom. The molecule has 0 aliphatic carbocycles. The SMILES string of the molecule is Cc1cc(CSc2cc(N)cc(F)c2)oc1C(=O)NN. The number of nitrogens with one attached hydrogen (secondary N) is 1. The van der Waals surface area contributed by atoms with E-state index < -0.39 is 5.91 Å². The fourth-order valence-electron chi connectivity index (χ4n) is 1.73. The molecule has 0 unspecified atom stereocenters. The van der Waals surface area contributed by atoms with Crippen LogP contribution >= 0.6 is 11.8 Å². The van der Waals surface area contributed by atoms with E-state index >= 15 is 0 Å². The van der Waals surface area contributed by atoms with Crippen molar-refractivity contribution < 1.29 is 13.6 Å². The summed E-state index contributed by atoms with van der Waals surface area (Å²) in [6.45, 7) is 1.75. The highest BCUT2D eigenvalue weighted by Gasteiger charge is 2.14. The van der Waals surface area contributed by atoms with Crippen LogP contribution in [0.3, 0.4) is 0 Å². The summed E-state index contributed by atoms with van der Waals surface area (Å²) in [6, 6.07) is 6.08. The standard InChI is InChI=1S/C13H14FN3O2S/c1-7-2-10(19-12(7)13(18)17-16)6-20-11-4-8(14)3-9(15)5-11/h2-5H,6,15-16H2,1H3,(H,17,18). The number of amides is 1. The summed E-state index contributed by atoms with van der Waals surface area (Å²) in [7, 11) is 0. The van der Waals surface area contributed by atoms with E-state index in [9.17, 15) is 9.18 Å². The lowest BCUT2D eigenvalue weighted by molar-refractivity contribution is 0.0923. The lowest BCUT2D eigenvalue weighted by atomic mass is 10.2. The van der Waals surface area contributed by atoms with Gasteiger partial charge >= 0.3 is 5.91 Å². The zero-order chi connectivity index (χ0) is 14.7. The maximum Gasteiger partial charge on any atom is 0.301 e. The molecular weight excluding hydrogens is 281 g/mol. The van der Waals surface area contributed by atoms with Crippen LogP contribution in [0.4, 0.5) is 10.1 Å². The number of furan rings is 1. The predicted octanol–water partition coefficient (Wildman–Crippen LogP) is 2.21. The lowest BCUT2D eigenvalue weighted by Gasteiger charge is -2.02. The number of nitrogen functional groups attached to an aromatic ring is 2. The first-order chi connectivity index (χ1) is 9.49. The number of nitrogens with two attached hydrogens (primary N) is 2. The maximum atomic E-state index is 13.2. The van der Waals surface area contributed by atoms with Crippen LogP contribution in [0, 0.1) is 12.7 Å². The van der Waals surface area contributed by atoms with Gasteiger partial charge in [-0.1, -0.05) is 0 Å². The van der Waals surface area contributed by atoms with E-state index in [1.54, 1.807) is 19.1 Å². The third-order valence-electron chi connectivity index (χ3n) is 2.58. The average molecular weight is 295 g/mol. The number of halogens is 1. The molecule has 0 bridgehead atoms. The van der Waals surface area contributed by atoms with Gasteiger partial charge in [-0.05, 0) is 31.2 Å². The molecule has 20 heavy (non-hydrogen) atoms. The number of anilines is 1. The monoisotopic (exact) mass is 295 g/mol. The molecule has 0 fully saturated rings. The van der Waals surface area contributed by atoms with Gasteiger partial charge in [-0.3, -0.25) is 10.2 Å². The highest BCUT2D eigenvalue weighted by Crippen LogP contribution is 2.27. The molecule has 1 aromatic carbocycles. The number of carbonyl (C=O) groups is 1. The molecule has 7 heteroatoms. The fourth-order valence-corrected chi connectivity index (χ4v) is 2.60. The molecule has 1 heterocycles. The molecule has 5 N–H and O–H groups in total. The number of rotatable bonds is 4. The van der Waals surface area contributed by atoms with Gasteiger partial charge in [0.05, 0.1) is 5.75 Å². The highest BCUT2D eigenvalue weighted by atomic mass is 32.2. The smallest absolute Gasteiger partial charge is 0.301 e. The first-order valence-electron chi connectivity index (χ1n) is 5.78. The van der Waals surface area contributed by atoms with E-state index in [-0.39, 0.29) is 11.6 Å². The van der Waals surface area contributed by atoms with Crippen molar-refractivity contribution in [2.24, 2.45) is 5.84 Å². The van der Waals surface area contributed by atoms with E-state index in [2.05, 4.69) is 0 Å². The number of benzene rings is 1. The molecule has 0 aliphatic heterocycles. The van der Waals surface area contributed by atoms with Crippen LogP contribution in [0.5, 0.6) is 0 Å². The van der Waals surface area contributed by atoms with Gasteiger partial charge in [-0.15, -0.1) is 11.8 Å². The normalized spacial score (nSPS) is 10.6. The summed E-state index contributed by atoms with van der Waals surface area (Å²) in [5, 5.41) is 0. The number of thioether (sulfide) groups is 1. The molecule has 106 valence electrons. The largest absolute Gasteiger partial charge is 0.455 e. The minimum absolute atomic E-state index is 0.182. The zero-order valence-electron chi connectivity index (χ0n) is 10.8. The van der Waals surface area contributed by atoms with Crippen LogP contribution in [-0.4, -0.2) is 5.91 Å². The summed E-state index contributed by atoms with van der Waals surface area (Å²) in [6.07, 6.45) is 0. The summed E-state index contributed by atoms with van der Waals surface area (Å²) in [4.78, 5) is 12.1. The third-order valence-corrected chi connectivity index (χ3v) is 3.58. The van der Waals surface area contributed by atoms with Crippen molar-refractivity contribution in [1.29, 1.82) is 0 Å². The Hall–Kier alpha value is -1.99. The van der Waals surface area contributed by atoms with Gasteiger partial charge in [0.2, 0.25) is 0 Å². The molecular formula is C13H14FN3O2S. The van der Waals surface area contributed by atoms with E-state index in [0.29, 0.717) is 27.7 Å². The first-order valence-corrected chi connectivity index (χ1v) is 6.77. The third kappa shape index (κ3) is 3.31. The van der Waals surface area contributed by atoms with Gasteiger partial charge in [0, 0.05) is 16.1 Å². The Balaban J connectivity index is 2.09. The maximum absolute atomic E-state index is 13.2. The molecule has 1 aromatic heterocycles. The molecule has 5 nitrogen and oxygen atoms in total. The number of hydrogen-bond acceptors (Lipinski definition) is 5. The second kappa shape index (κ2) is 5.98. The number of hydrazine groups is 1. The summed E-state index contributed by atoms with van der Waals surface area (Å²) < 4.78 is 18.6. The summed E-state index contributed by atoms with van der Waals surface area (Å²) >= 11 is 1.37. The topological polar surface area (TPSA) is 94.3 Å². The molecule has 2 rings (SSSR count). The van der Waals surface area contributed by atoms with Crippen molar-refractivity contribution in [2.45, 2.75) is 17.6 Å². The van der Waals surface area contributed by atoms with Crippen molar-refractivity contribution in [3.8, 4) is 0 Å². The number of hydrogen-bond donors (Lipinski definition) is 3. The Morgan fingerprint density at radius 3 is 2.80 bits per heavy atom. The molecule has 0 radical (unpaired) electrons. The van der Waals surface area contributed by atoms with Crippen LogP contribution in [0.15, 0.2) is 33.6 Å². The van der Waals surface area contributed by atoms with Crippen LogP contribution < -0.4 is 17.0 Å². The van der Waals surface area contributed by atoms with Gasteiger partial charge in [0.1, 0.15) is 11.6 Å². The minimum Gasteiger partial charge on any atom is -0.455 e. The Labute approximate surface area is 119 Å². The molecule has 0 atom stereocenters. The summed E-state index contributed by atoms with van der Waals surface area (Å²) in [5.74, 6) is 5.45. The fraction of sp³-hybridized carbons (Fsp3) is 0.154. The molecule has 1 amide bonds. The van der Waals surface area contributed by atoms with E-state index in [1.807, 2.05) is 5.43 Å². The van der Waals surface area contributed by atoms with Crippen LogP contribution in [-0.2, 0) is 5.75 Å². The second-order valence-electron chi connectivity index (χ2n) is 4.21. The van der Waals surface area contributed by atoms with Crippen molar-refractivity contribution in [2.75, 3.05) is 5.73 Å². The average Bonchev–Trinajstić information content (AvgIpc) is 2.76.